The lowest BCUT2D eigenvalue weighted by molar-refractivity contribution is -0.0237. The van der Waals surface area contributed by atoms with E-state index in [1.807, 2.05) is 0 Å². The van der Waals surface area contributed by atoms with Gasteiger partial charge in [0.25, 0.3) is 0 Å². The first kappa shape index (κ1) is 26.0. The van der Waals surface area contributed by atoms with Gasteiger partial charge >= 0.3 is 0 Å². The van der Waals surface area contributed by atoms with Crippen molar-refractivity contribution in [1.82, 2.24) is 0 Å². The van der Waals surface area contributed by atoms with Gasteiger partial charge in [-0.15, -0.1) is 0 Å². The van der Waals surface area contributed by atoms with E-state index in [1.54, 1.807) is 0 Å². The van der Waals surface area contributed by atoms with Gasteiger partial charge in [0.1, 0.15) is 0 Å². The van der Waals surface area contributed by atoms with Crippen molar-refractivity contribution >= 4 is 8.32 Å². The quantitative estimate of drug-likeness (QED) is 0.345. The zero-order chi connectivity index (χ0) is 23.6. The molecule has 2 fully saturated rings. The molecule has 0 heterocycles. The minimum absolute atomic E-state index is 0.294. The van der Waals surface area contributed by atoms with Crippen LogP contribution in [0.1, 0.15) is 92.1 Å². The lowest BCUT2D eigenvalue weighted by Gasteiger charge is -2.50. The van der Waals surface area contributed by atoms with Gasteiger partial charge in [-0.05, 0) is 92.3 Å². The number of ether oxygens (including phenoxy) is 1. The maximum Gasteiger partial charge on any atom is 0.192 e. The molecule has 0 radical (unpaired) electrons. The lowest BCUT2D eigenvalue weighted by Crippen LogP contribution is -2.50. The molecule has 0 aromatic heterocycles. The van der Waals surface area contributed by atoms with Crippen LogP contribution in [0.4, 0.5) is 0 Å². The van der Waals surface area contributed by atoms with Crippen LogP contribution in [0.3, 0.4) is 0 Å². The molecule has 2 nitrogen and oxygen atoms in total. The largest absolute Gasteiger partial charge is 0.414 e. The molecule has 2 aliphatic rings. The third-order valence-electron chi connectivity index (χ3n) is 9.48. The van der Waals surface area contributed by atoms with Gasteiger partial charge in [-0.2, -0.15) is 0 Å². The molecule has 32 heavy (non-hydrogen) atoms. The number of hydrogen-bond donors (Lipinski definition) is 0. The number of rotatable bonds is 9. The maximum absolute atomic E-state index is 7.04. The number of fused-ring (bicyclic) bond motifs is 1. The van der Waals surface area contributed by atoms with Crippen LogP contribution >= 0.6 is 0 Å². The third-order valence-corrected chi connectivity index (χ3v) is 14.0. The molecule has 0 amide bonds. The summed E-state index contributed by atoms with van der Waals surface area (Å²) in [6.07, 6.45) is 10.0. The molecule has 1 aromatic rings. The van der Waals surface area contributed by atoms with Gasteiger partial charge in [-0.1, -0.05) is 71.4 Å². The summed E-state index contributed by atoms with van der Waals surface area (Å²) in [6.45, 7) is 20.1. The Labute approximate surface area is 200 Å². The summed E-state index contributed by atoms with van der Waals surface area (Å²) in [4.78, 5) is 0. The van der Waals surface area contributed by atoms with E-state index in [-0.39, 0.29) is 0 Å². The van der Waals surface area contributed by atoms with Gasteiger partial charge < -0.3 is 9.16 Å². The van der Waals surface area contributed by atoms with Crippen molar-refractivity contribution in [3.05, 3.63) is 35.9 Å². The molecule has 1 aromatic carbocycles. The van der Waals surface area contributed by atoms with Crippen molar-refractivity contribution in [2.24, 2.45) is 23.2 Å². The Morgan fingerprint density at radius 2 is 1.72 bits per heavy atom. The summed E-state index contributed by atoms with van der Waals surface area (Å²) in [7, 11) is -1.72. The van der Waals surface area contributed by atoms with Gasteiger partial charge in [0, 0.05) is 6.10 Å². The monoisotopic (exact) mass is 458 g/mol. The summed E-state index contributed by atoms with van der Waals surface area (Å²) in [5, 5.41) is 0.294. The summed E-state index contributed by atoms with van der Waals surface area (Å²) < 4.78 is 13.2. The highest BCUT2D eigenvalue weighted by Gasteiger charge is 2.54. The van der Waals surface area contributed by atoms with Crippen LogP contribution < -0.4 is 0 Å². The zero-order valence-electron chi connectivity index (χ0n) is 22.2. The van der Waals surface area contributed by atoms with Crippen LogP contribution in [0.15, 0.2) is 30.3 Å². The van der Waals surface area contributed by atoms with E-state index in [0.29, 0.717) is 22.7 Å². The average molecular weight is 459 g/mol. The minimum atomic E-state index is -1.72. The second kappa shape index (κ2) is 10.3. The second-order valence-electron chi connectivity index (χ2n) is 12.8. The Balaban J connectivity index is 1.55. The fourth-order valence-corrected chi connectivity index (χ4v) is 7.78. The third kappa shape index (κ3) is 5.88. The van der Waals surface area contributed by atoms with Gasteiger partial charge in [0.05, 0.1) is 12.7 Å². The molecule has 0 unspecified atom stereocenters. The smallest absolute Gasteiger partial charge is 0.192 e. The zero-order valence-corrected chi connectivity index (χ0v) is 23.2. The molecule has 0 saturated heterocycles. The predicted molar refractivity (Wildman–Crippen MR) is 139 cm³/mol. The van der Waals surface area contributed by atoms with Crippen molar-refractivity contribution in [3.8, 4) is 0 Å². The van der Waals surface area contributed by atoms with Crippen LogP contribution in [0.5, 0.6) is 0 Å². The Kier molecular flexibility index (Phi) is 8.37. The SMILES string of the molecule is C[C@H](CC[C@H](C)OCc1ccccc1)[C@H]1CC[C@H]2[C@@H](O[Si](C)(C)C(C)(C)C)CCC[C@]12C. The van der Waals surface area contributed by atoms with E-state index in [9.17, 15) is 0 Å². The van der Waals surface area contributed by atoms with Crippen LogP contribution in [0.2, 0.25) is 18.1 Å². The van der Waals surface area contributed by atoms with Crippen LogP contribution in [0.25, 0.3) is 0 Å². The molecule has 3 heteroatoms. The summed E-state index contributed by atoms with van der Waals surface area (Å²) in [5.74, 6) is 2.35. The first-order chi connectivity index (χ1) is 14.9. The van der Waals surface area contributed by atoms with Gasteiger partial charge in [-0.25, -0.2) is 0 Å². The van der Waals surface area contributed by atoms with Gasteiger partial charge in [0.15, 0.2) is 8.32 Å². The Morgan fingerprint density at radius 1 is 1.03 bits per heavy atom. The van der Waals surface area contributed by atoms with Crippen molar-refractivity contribution in [2.75, 3.05) is 0 Å². The second-order valence-corrected chi connectivity index (χ2v) is 17.5. The van der Waals surface area contributed by atoms with Crippen LogP contribution in [0, 0.1) is 23.2 Å². The first-order valence-corrected chi connectivity index (χ1v) is 16.2. The van der Waals surface area contributed by atoms with E-state index in [0.717, 1.165) is 30.8 Å². The molecule has 2 saturated carbocycles. The Morgan fingerprint density at radius 3 is 2.38 bits per heavy atom. The van der Waals surface area contributed by atoms with E-state index in [4.69, 9.17) is 9.16 Å². The highest BCUT2D eigenvalue weighted by molar-refractivity contribution is 6.74. The molecular weight excluding hydrogens is 408 g/mol. The van der Waals surface area contributed by atoms with Crippen molar-refractivity contribution in [3.63, 3.8) is 0 Å². The summed E-state index contributed by atoms with van der Waals surface area (Å²) >= 11 is 0. The maximum atomic E-state index is 7.04. The van der Waals surface area contributed by atoms with Gasteiger partial charge in [-0.3, -0.25) is 0 Å². The topological polar surface area (TPSA) is 18.5 Å². The first-order valence-electron chi connectivity index (χ1n) is 13.3. The minimum Gasteiger partial charge on any atom is -0.414 e. The summed E-state index contributed by atoms with van der Waals surface area (Å²) in [5.41, 5.74) is 1.73. The van der Waals surface area contributed by atoms with Crippen LogP contribution in [-0.2, 0) is 15.8 Å². The molecule has 182 valence electrons. The number of benzene rings is 1. The van der Waals surface area contributed by atoms with E-state index >= 15 is 0 Å². The fraction of sp³-hybridized carbons (Fsp3) is 0.793. The molecular formula is C29H50O2Si. The highest BCUT2D eigenvalue weighted by Crippen LogP contribution is 2.59. The Bertz CT molecular complexity index is 710. The molecule has 0 spiro atoms. The normalized spacial score (nSPS) is 30.7. The van der Waals surface area contributed by atoms with E-state index in [1.165, 1.54) is 44.1 Å². The average Bonchev–Trinajstić information content (AvgIpc) is 3.08. The molecule has 6 atom stereocenters. The number of hydrogen-bond acceptors (Lipinski definition) is 2. The van der Waals surface area contributed by atoms with E-state index < -0.39 is 8.32 Å². The van der Waals surface area contributed by atoms with Gasteiger partial charge in [0.2, 0.25) is 0 Å². The lowest BCUT2D eigenvalue weighted by atomic mass is 9.61. The molecule has 2 aliphatic carbocycles. The predicted octanol–water partition coefficient (Wildman–Crippen LogP) is 8.61. The molecule has 0 aliphatic heterocycles. The molecule has 3 rings (SSSR count). The van der Waals surface area contributed by atoms with Crippen molar-refractivity contribution < 1.29 is 9.16 Å². The molecule has 0 bridgehead atoms. The van der Waals surface area contributed by atoms with E-state index in [2.05, 4.69) is 85.0 Å². The summed E-state index contributed by atoms with van der Waals surface area (Å²) in [6, 6.07) is 10.6. The Hall–Kier alpha value is -0.643. The van der Waals surface area contributed by atoms with Crippen LogP contribution in [-0.4, -0.2) is 20.5 Å². The highest BCUT2D eigenvalue weighted by atomic mass is 28.4. The fourth-order valence-electron chi connectivity index (χ4n) is 6.39. The van der Waals surface area contributed by atoms with Crippen molar-refractivity contribution in [1.29, 1.82) is 0 Å². The standard InChI is InChI=1S/C29H50O2Si/c1-22(16-17-23(2)30-21-24-13-10-9-11-14-24)25-18-19-26-27(15-12-20-29(25,26)6)31-32(7,8)28(3,4)5/h9-11,13-14,22-23,25-27H,12,15-21H2,1-8H3/t22-,23+,25-,26+,27+,29-/m1/s1. The van der Waals surface area contributed by atoms with Crippen molar-refractivity contribution in [2.45, 2.75) is 123 Å². The molecule has 0 N–H and O–H groups in total.